The standard InChI is InChI=1S/C14H24N4/c1-11(2)7-13-8-17-12(3)9-18(13)10-14-15-5-4-6-16-14/h4-6,11-13,17H,7-10H2,1-3H3. The fourth-order valence-corrected chi connectivity index (χ4v) is 2.60. The van der Waals surface area contributed by atoms with Crippen LogP contribution in [0.3, 0.4) is 0 Å². The van der Waals surface area contributed by atoms with Crippen molar-refractivity contribution in [1.29, 1.82) is 0 Å². The molecule has 18 heavy (non-hydrogen) atoms. The SMILES string of the molecule is CC(C)CC1CNC(C)CN1Cc1ncccn1. The van der Waals surface area contributed by atoms with Gasteiger partial charge in [0.25, 0.3) is 0 Å². The van der Waals surface area contributed by atoms with Crippen molar-refractivity contribution in [3.05, 3.63) is 24.3 Å². The lowest BCUT2D eigenvalue weighted by Crippen LogP contribution is -2.55. The Balaban J connectivity index is 2.01. The highest BCUT2D eigenvalue weighted by Gasteiger charge is 2.26. The van der Waals surface area contributed by atoms with Crippen molar-refractivity contribution in [2.75, 3.05) is 13.1 Å². The Labute approximate surface area is 110 Å². The summed E-state index contributed by atoms with van der Waals surface area (Å²) in [6.07, 6.45) is 4.88. The molecule has 0 spiro atoms. The minimum absolute atomic E-state index is 0.553. The van der Waals surface area contributed by atoms with E-state index in [0.29, 0.717) is 12.1 Å². The molecular weight excluding hydrogens is 224 g/mol. The van der Waals surface area contributed by atoms with Crippen LogP contribution in [0.15, 0.2) is 18.5 Å². The summed E-state index contributed by atoms with van der Waals surface area (Å²) in [6, 6.07) is 3.03. The zero-order valence-corrected chi connectivity index (χ0v) is 11.6. The molecule has 4 nitrogen and oxygen atoms in total. The van der Waals surface area contributed by atoms with Gasteiger partial charge in [-0.2, -0.15) is 0 Å². The van der Waals surface area contributed by atoms with Crippen LogP contribution in [0.4, 0.5) is 0 Å². The fourth-order valence-electron chi connectivity index (χ4n) is 2.60. The second-order valence-electron chi connectivity index (χ2n) is 5.69. The molecule has 2 heterocycles. The normalized spacial score (nSPS) is 25.6. The number of nitrogens with zero attached hydrogens (tertiary/aromatic N) is 3. The van der Waals surface area contributed by atoms with E-state index in [1.165, 1.54) is 6.42 Å². The van der Waals surface area contributed by atoms with E-state index in [0.717, 1.165) is 31.4 Å². The van der Waals surface area contributed by atoms with E-state index >= 15 is 0 Å². The van der Waals surface area contributed by atoms with Crippen LogP contribution in [0.1, 0.15) is 33.0 Å². The number of rotatable bonds is 4. The number of aromatic nitrogens is 2. The molecule has 0 amide bonds. The van der Waals surface area contributed by atoms with Gasteiger partial charge in [-0.15, -0.1) is 0 Å². The minimum Gasteiger partial charge on any atom is -0.311 e. The van der Waals surface area contributed by atoms with E-state index in [2.05, 4.69) is 41.0 Å². The van der Waals surface area contributed by atoms with Gasteiger partial charge < -0.3 is 5.32 Å². The molecule has 100 valence electrons. The first-order chi connectivity index (χ1) is 8.65. The smallest absolute Gasteiger partial charge is 0.142 e. The van der Waals surface area contributed by atoms with Gasteiger partial charge in [-0.05, 0) is 25.3 Å². The Bertz CT molecular complexity index is 352. The molecule has 2 rings (SSSR count). The Morgan fingerprint density at radius 1 is 1.39 bits per heavy atom. The molecule has 1 fully saturated rings. The van der Waals surface area contributed by atoms with Crippen molar-refractivity contribution < 1.29 is 0 Å². The molecule has 1 aliphatic heterocycles. The Morgan fingerprint density at radius 2 is 2.11 bits per heavy atom. The molecule has 0 saturated carbocycles. The van der Waals surface area contributed by atoms with E-state index in [1.807, 2.05) is 18.5 Å². The number of hydrogen-bond donors (Lipinski definition) is 1. The summed E-state index contributed by atoms with van der Waals surface area (Å²) in [5, 5.41) is 3.57. The second kappa shape index (κ2) is 6.25. The monoisotopic (exact) mass is 248 g/mol. The van der Waals surface area contributed by atoms with E-state index in [9.17, 15) is 0 Å². The van der Waals surface area contributed by atoms with Gasteiger partial charge in [-0.1, -0.05) is 13.8 Å². The van der Waals surface area contributed by atoms with Gasteiger partial charge in [0.1, 0.15) is 5.82 Å². The van der Waals surface area contributed by atoms with Crippen LogP contribution in [0, 0.1) is 5.92 Å². The van der Waals surface area contributed by atoms with Crippen LogP contribution in [0.5, 0.6) is 0 Å². The molecule has 0 aromatic carbocycles. The van der Waals surface area contributed by atoms with Gasteiger partial charge in [0.05, 0.1) is 6.54 Å². The first kappa shape index (κ1) is 13.4. The van der Waals surface area contributed by atoms with Crippen LogP contribution in [-0.2, 0) is 6.54 Å². The Morgan fingerprint density at radius 3 is 2.78 bits per heavy atom. The molecule has 1 N–H and O–H groups in total. The molecule has 2 atom stereocenters. The van der Waals surface area contributed by atoms with Crippen molar-refractivity contribution in [1.82, 2.24) is 20.2 Å². The van der Waals surface area contributed by atoms with Crippen LogP contribution < -0.4 is 5.32 Å². The maximum absolute atomic E-state index is 4.34. The fraction of sp³-hybridized carbons (Fsp3) is 0.714. The lowest BCUT2D eigenvalue weighted by Gasteiger charge is -2.39. The summed E-state index contributed by atoms with van der Waals surface area (Å²) in [6.45, 7) is 9.83. The number of piperazine rings is 1. The lowest BCUT2D eigenvalue weighted by atomic mass is 9.99. The number of hydrogen-bond acceptors (Lipinski definition) is 4. The molecule has 1 aromatic rings. The van der Waals surface area contributed by atoms with Crippen molar-refractivity contribution >= 4 is 0 Å². The third-order valence-electron chi connectivity index (χ3n) is 3.43. The largest absolute Gasteiger partial charge is 0.311 e. The first-order valence-corrected chi connectivity index (χ1v) is 6.88. The van der Waals surface area contributed by atoms with E-state index < -0.39 is 0 Å². The van der Waals surface area contributed by atoms with Gasteiger partial charge >= 0.3 is 0 Å². The van der Waals surface area contributed by atoms with Crippen LogP contribution in [0.25, 0.3) is 0 Å². The van der Waals surface area contributed by atoms with E-state index in [1.54, 1.807) is 0 Å². The minimum atomic E-state index is 0.553. The highest BCUT2D eigenvalue weighted by molar-refractivity contribution is 4.92. The third-order valence-corrected chi connectivity index (χ3v) is 3.43. The zero-order chi connectivity index (χ0) is 13.0. The molecule has 2 unspecified atom stereocenters. The Hall–Kier alpha value is -1.00. The summed E-state index contributed by atoms with van der Waals surface area (Å²) < 4.78 is 0. The van der Waals surface area contributed by atoms with Crippen molar-refractivity contribution in [2.45, 2.75) is 45.8 Å². The van der Waals surface area contributed by atoms with E-state index in [4.69, 9.17) is 0 Å². The quantitative estimate of drug-likeness (QED) is 0.880. The Kier molecular flexibility index (Phi) is 4.66. The van der Waals surface area contributed by atoms with Crippen molar-refractivity contribution in [3.8, 4) is 0 Å². The van der Waals surface area contributed by atoms with Gasteiger partial charge in [-0.3, -0.25) is 4.90 Å². The topological polar surface area (TPSA) is 41.0 Å². The molecule has 0 bridgehead atoms. The summed E-state index contributed by atoms with van der Waals surface area (Å²) in [5.74, 6) is 1.66. The first-order valence-electron chi connectivity index (χ1n) is 6.88. The van der Waals surface area contributed by atoms with E-state index in [-0.39, 0.29) is 0 Å². The molecule has 1 aliphatic rings. The van der Waals surface area contributed by atoms with Gasteiger partial charge in [0.15, 0.2) is 0 Å². The molecule has 1 aromatic heterocycles. The van der Waals surface area contributed by atoms with Crippen LogP contribution >= 0.6 is 0 Å². The average molecular weight is 248 g/mol. The molecule has 1 saturated heterocycles. The molecular formula is C14H24N4. The van der Waals surface area contributed by atoms with Crippen LogP contribution in [-0.4, -0.2) is 40.0 Å². The highest BCUT2D eigenvalue weighted by Crippen LogP contribution is 2.17. The maximum Gasteiger partial charge on any atom is 0.142 e. The molecule has 4 heteroatoms. The summed E-state index contributed by atoms with van der Waals surface area (Å²) in [4.78, 5) is 11.2. The van der Waals surface area contributed by atoms with Crippen molar-refractivity contribution in [3.63, 3.8) is 0 Å². The third kappa shape index (κ3) is 3.75. The average Bonchev–Trinajstić information content (AvgIpc) is 2.33. The van der Waals surface area contributed by atoms with Crippen LogP contribution in [0.2, 0.25) is 0 Å². The summed E-state index contributed by atoms with van der Waals surface area (Å²) in [7, 11) is 0. The van der Waals surface area contributed by atoms with Crippen molar-refractivity contribution in [2.24, 2.45) is 5.92 Å². The lowest BCUT2D eigenvalue weighted by molar-refractivity contribution is 0.108. The molecule has 0 radical (unpaired) electrons. The second-order valence-corrected chi connectivity index (χ2v) is 5.69. The predicted molar refractivity (Wildman–Crippen MR) is 73.1 cm³/mol. The van der Waals surface area contributed by atoms with Gasteiger partial charge in [0.2, 0.25) is 0 Å². The zero-order valence-electron chi connectivity index (χ0n) is 11.6. The highest BCUT2D eigenvalue weighted by atomic mass is 15.2. The number of nitrogens with one attached hydrogen (secondary N) is 1. The predicted octanol–water partition coefficient (Wildman–Crippen LogP) is 1.68. The van der Waals surface area contributed by atoms with Gasteiger partial charge in [-0.25, -0.2) is 9.97 Å². The van der Waals surface area contributed by atoms with Gasteiger partial charge in [0, 0.05) is 37.6 Å². The summed E-state index contributed by atoms with van der Waals surface area (Å²) in [5.41, 5.74) is 0. The summed E-state index contributed by atoms with van der Waals surface area (Å²) >= 11 is 0. The molecule has 0 aliphatic carbocycles. The maximum atomic E-state index is 4.34.